The minimum absolute atomic E-state index is 0.118. The average Bonchev–Trinajstić information content (AvgIpc) is 3.43. The molecule has 2 aliphatic rings. The lowest BCUT2D eigenvalue weighted by Gasteiger charge is -2.29. The number of hydrogen-bond acceptors (Lipinski definition) is 6. The molecule has 0 fully saturated rings. The number of aliphatic imine (C=N–C) groups is 1. The predicted octanol–water partition coefficient (Wildman–Crippen LogP) is 3.06. The molecule has 1 atom stereocenters. The second-order valence-electron chi connectivity index (χ2n) is 8.00. The van der Waals surface area contributed by atoms with E-state index >= 15 is 0 Å². The largest absolute Gasteiger partial charge is 0.467 e. The number of pyridine rings is 1. The summed E-state index contributed by atoms with van der Waals surface area (Å²) in [7, 11) is 1.66. The second-order valence-corrected chi connectivity index (χ2v) is 8.00. The molecule has 1 spiro atoms. The Kier molecular flexibility index (Phi) is 5.14. The van der Waals surface area contributed by atoms with Crippen LogP contribution in [0.2, 0.25) is 0 Å². The van der Waals surface area contributed by atoms with Gasteiger partial charge in [-0.05, 0) is 61.7 Å². The Morgan fingerprint density at radius 3 is 2.72 bits per heavy atom. The van der Waals surface area contributed by atoms with E-state index in [1.54, 1.807) is 7.05 Å². The first-order chi connectivity index (χ1) is 15.6. The molecule has 0 radical (unpaired) electrons. The number of aromatic nitrogens is 2. The molecular weight excluding hydrogens is 406 g/mol. The van der Waals surface area contributed by atoms with Crippen LogP contribution in [0.3, 0.4) is 0 Å². The summed E-state index contributed by atoms with van der Waals surface area (Å²) in [5.74, 6) is 1.45. The van der Waals surface area contributed by atoms with E-state index in [-0.39, 0.29) is 18.7 Å². The van der Waals surface area contributed by atoms with Crippen LogP contribution in [0.25, 0.3) is 17.1 Å². The van der Waals surface area contributed by atoms with E-state index in [0.29, 0.717) is 24.3 Å². The third-order valence-corrected chi connectivity index (χ3v) is 6.01. The van der Waals surface area contributed by atoms with Crippen LogP contribution in [0.4, 0.5) is 0 Å². The molecule has 0 bridgehead atoms. The summed E-state index contributed by atoms with van der Waals surface area (Å²) >= 11 is 0. The Balaban J connectivity index is 1.64. The van der Waals surface area contributed by atoms with Gasteiger partial charge in [-0.15, -0.1) is 0 Å². The highest BCUT2D eigenvalue weighted by Gasteiger charge is 2.49. The zero-order valence-electron chi connectivity index (χ0n) is 17.9. The lowest BCUT2D eigenvalue weighted by molar-refractivity contribution is -0.131. The van der Waals surface area contributed by atoms with Crippen LogP contribution in [0.1, 0.15) is 24.8 Å². The van der Waals surface area contributed by atoms with Gasteiger partial charge in [-0.2, -0.15) is 0 Å². The summed E-state index contributed by atoms with van der Waals surface area (Å²) in [4.78, 5) is 24.3. The van der Waals surface area contributed by atoms with Crippen molar-refractivity contribution in [1.29, 1.82) is 0 Å². The maximum atomic E-state index is 13.4. The Morgan fingerprint density at radius 2 is 1.94 bits per heavy atom. The monoisotopic (exact) mass is 431 g/mol. The van der Waals surface area contributed by atoms with Gasteiger partial charge in [0.15, 0.2) is 18.3 Å². The topological polar surface area (TPSA) is 95.0 Å². The number of likely N-dealkylation sites (N-methyl/N-ethyl adjacent to an activating group) is 1. The third kappa shape index (κ3) is 3.42. The first-order valence-corrected chi connectivity index (χ1v) is 10.7. The molecule has 0 aliphatic carbocycles. The van der Waals surface area contributed by atoms with Crippen molar-refractivity contribution in [1.82, 2.24) is 14.5 Å². The Bertz CT molecular complexity index is 1170. The number of hydrogen-bond donors (Lipinski definition) is 1. The molecule has 2 aromatic heterocycles. The molecule has 5 rings (SSSR count). The fraction of sp³-hybridized carbons (Fsp3) is 0.292. The zero-order valence-corrected chi connectivity index (χ0v) is 17.9. The van der Waals surface area contributed by atoms with Gasteiger partial charge in [-0.25, -0.2) is 9.98 Å². The third-order valence-electron chi connectivity index (χ3n) is 6.01. The van der Waals surface area contributed by atoms with Crippen molar-refractivity contribution in [3.05, 3.63) is 66.5 Å². The SMILES string of the molecule is CN1C(=O)C2(CCCCOCOc3ccc(-c4cccc(-n5cccc5)n4)cc32)N=C1N. The molecule has 8 nitrogen and oxygen atoms in total. The molecular formula is C24H25N5O3. The van der Waals surface area contributed by atoms with Crippen LogP contribution >= 0.6 is 0 Å². The summed E-state index contributed by atoms with van der Waals surface area (Å²) in [5.41, 5.74) is 7.32. The van der Waals surface area contributed by atoms with Crippen molar-refractivity contribution < 1.29 is 14.3 Å². The zero-order chi connectivity index (χ0) is 22.1. The van der Waals surface area contributed by atoms with E-state index in [1.807, 2.05) is 65.5 Å². The Morgan fingerprint density at radius 1 is 1.09 bits per heavy atom. The van der Waals surface area contributed by atoms with E-state index in [2.05, 4.69) is 4.99 Å². The van der Waals surface area contributed by atoms with Gasteiger partial charge in [0.25, 0.3) is 5.91 Å². The van der Waals surface area contributed by atoms with Gasteiger partial charge in [0.1, 0.15) is 11.6 Å². The molecule has 4 heterocycles. The van der Waals surface area contributed by atoms with Crippen LogP contribution in [0, 0.1) is 0 Å². The van der Waals surface area contributed by atoms with Crippen LogP contribution in [0.5, 0.6) is 5.75 Å². The molecule has 1 aromatic carbocycles. The quantitative estimate of drug-likeness (QED) is 0.673. The minimum Gasteiger partial charge on any atom is -0.467 e. The van der Waals surface area contributed by atoms with Crippen LogP contribution < -0.4 is 10.5 Å². The number of carbonyl (C=O) groups excluding carboxylic acids is 1. The van der Waals surface area contributed by atoms with E-state index in [1.165, 1.54) is 4.90 Å². The van der Waals surface area contributed by atoms with E-state index < -0.39 is 5.54 Å². The molecule has 0 saturated heterocycles. The van der Waals surface area contributed by atoms with Crippen LogP contribution in [-0.4, -0.2) is 46.8 Å². The Hall–Kier alpha value is -3.65. The van der Waals surface area contributed by atoms with Crippen molar-refractivity contribution in [2.45, 2.75) is 24.8 Å². The van der Waals surface area contributed by atoms with E-state index in [9.17, 15) is 4.79 Å². The van der Waals surface area contributed by atoms with Gasteiger partial charge in [0, 0.05) is 30.6 Å². The molecule has 1 unspecified atom stereocenters. The highest BCUT2D eigenvalue weighted by atomic mass is 16.7. The van der Waals surface area contributed by atoms with Crippen LogP contribution in [-0.2, 0) is 15.1 Å². The van der Waals surface area contributed by atoms with Gasteiger partial charge in [-0.3, -0.25) is 9.69 Å². The van der Waals surface area contributed by atoms with Gasteiger partial charge >= 0.3 is 0 Å². The summed E-state index contributed by atoms with van der Waals surface area (Å²) < 4.78 is 13.4. The summed E-state index contributed by atoms with van der Waals surface area (Å²) in [5, 5.41) is 0. The molecule has 8 heteroatoms. The number of nitrogens with zero attached hydrogens (tertiary/aromatic N) is 4. The van der Waals surface area contributed by atoms with Crippen molar-refractivity contribution >= 4 is 11.9 Å². The molecule has 164 valence electrons. The lowest BCUT2D eigenvalue weighted by Crippen LogP contribution is -2.41. The highest BCUT2D eigenvalue weighted by Crippen LogP contribution is 2.43. The smallest absolute Gasteiger partial charge is 0.261 e. The molecule has 0 saturated carbocycles. The number of ether oxygens (including phenoxy) is 2. The number of guanidine groups is 1. The first kappa shape index (κ1) is 20.3. The molecule has 2 aliphatic heterocycles. The number of amides is 1. The maximum Gasteiger partial charge on any atom is 0.261 e. The fourth-order valence-corrected chi connectivity index (χ4v) is 4.28. The number of fused-ring (bicyclic) bond motifs is 2. The van der Waals surface area contributed by atoms with Crippen molar-refractivity contribution in [3.8, 4) is 22.8 Å². The number of nitrogens with two attached hydrogens (primary N) is 1. The lowest BCUT2D eigenvalue weighted by atomic mass is 9.83. The molecule has 1 amide bonds. The number of carbonyl (C=O) groups is 1. The van der Waals surface area contributed by atoms with Gasteiger partial charge in [0.2, 0.25) is 0 Å². The maximum absolute atomic E-state index is 13.4. The fourth-order valence-electron chi connectivity index (χ4n) is 4.28. The molecule has 32 heavy (non-hydrogen) atoms. The number of benzene rings is 1. The Labute approximate surface area is 186 Å². The van der Waals surface area contributed by atoms with Gasteiger partial charge in [-0.1, -0.05) is 6.07 Å². The highest BCUT2D eigenvalue weighted by molar-refractivity contribution is 6.07. The molecule has 2 N–H and O–H groups in total. The van der Waals surface area contributed by atoms with Gasteiger partial charge < -0.3 is 19.8 Å². The second kappa shape index (κ2) is 8.12. The minimum atomic E-state index is -1.11. The normalized spacial score (nSPS) is 21.2. The predicted molar refractivity (Wildman–Crippen MR) is 120 cm³/mol. The summed E-state index contributed by atoms with van der Waals surface area (Å²) in [6, 6.07) is 15.5. The summed E-state index contributed by atoms with van der Waals surface area (Å²) in [6.45, 7) is 0.690. The van der Waals surface area contributed by atoms with Crippen molar-refractivity contribution in [2.24, 2.45) is 10.7 Å². The average molecular weight is 431 g/mol. The summed E-state index contributed by atoms with van der Waals surface area (Å²) in [6.07, 6.45) is 6.02. The number of rotatable bonds is 2. The van der Waals surface area contributed by atoms with Crippen LogP contribution in [0.15, 0.2) is 65.9 Å². The van der Waals surface area contributed by atoms with E-state index in [4.69, 9.17) is 20.2 Å². The van der Waals surface area contributed by atoms with E-state index in [0.717, 1.165) is 29.9 Å². The molecule has 3 aromatic rings. The first-order valence-electron chi connectivity index (χ1n) is 10.7. The van der Waals surface area contributed by atoms with Crippen molar-refractivity contribution in [3.63, 3.8) is 0 Å². The standard InChI is InChI=1S/C24H25N5O3/c1-28-22(30)24(27-23(28)25)11-2-5-14-31-16-32-20-10-9-17(15-18(20)24)19-7-6-8-21(26-19)29-12-3-4-13-29/h3-4,6-10,12-13,15H,2,5,11,14,16H2,1H3,(H2,25,27). The van der Waals surface area contributed by atoms with Gasteiger partial charge in [0.05, 0.1) is 12.3 Å². The van der Waals surface area contributed by atoms with Crippen molar-refractivity contribution in [2.75, 3.05) is 20.4 Å².